The van der Waals surface area contributed by atoms with Crippen LogP contribution in [0.2, 0.25) is 0 Å². The molecule has 52 valence electrons. The van der Waals surface area contributed by atoms with Gasteiger partial charge in [0.1, 0.15) is 0 Å². The third-order valence-corrected chi connectivity index (χ3v) is 2.36. The Morgan fingerprint density at radius 2 is 2.00 bits per heavy atom. The smallest absolute Gasteiger partial charge is 0.192 e. The minimum atomic E-state index is 0.333. The quantitative estimate of drug-likeness (QED) is 0.533. The van der Waals surface area contributed by atoms with E-state index >= 15 is 0 Å². The molecule has 0 unspecified atom stereocenters. The number of halogens is 1. The maximum absolute atomic E-state index is 10.6. The molecule has 1 rings (SSSR count). The lowest BCUT2D eigenvalue weighted by molar-refractivity contribution is -0.110. The summed E-state index contributed by atoms with van der Waals surface area (Å²) < 4.78 is 0.333. The van der Waals surface area contributed by atoms with Gasteiger partial charge in [0.15, 0.2) is 3.79 Å². The average molecular weight is 238 g/mol. The van der Waals surface area contributed by atoms with Crippen molar-refractivity contribution in [3.8, 4) is 0 Å². The van der Waals surface area contributed by atoms with Crippen molar-refractivity contribution in [1.82, 2.24) is 0 Å². The van der Waals surface area contributed by atoms with Crippen molar-refractivity contribution >= 4 is 26.4 Å². The van der Waals surface area contributed by atoms with Crippen molar-refractivity contribution in [1.29, 1.82) is 0 Å². The molecular weight excluding hydrogens is 227 g/mol. The normalized spacial score (nSPS) is 20.6. The molecule has 0 bridgehead atoms. The molecule has 0 spiro atoms. The van der Waals surface area contributed by atoms with E-state index in [0.717, 1.165) is 12.3 Å². The summed E-state index contributed by atoms with van der Waals surface area (Å²) in [5.41, 5.74) is 0. The molecule has 0 amide bonds. The molecular formula is C7H11IO. The topological polar surface area (TPSA) is 17.1 Å². The molecule has 1 aliphatic carbocycles. The lowest BCUT2D eigenvalue weighted by Gasteiger charge is -2.01. The maximum Gasteiger partial charge on any atom is 0.192 e. The molecule has 2 heteroatoms. The highest BCUT2D eigenvalue weighted by atomic mass is 127. The van der Waals surface area contributed by atoms with Gasteiger partial charge >= 0.3 is 0 Å². The Morgan fingerprint density at radius 3 is 2.44 bits per heavy atom. The van der Waals surface area contributed by atoms with Gasteiger partial charge in [-0.3, -0.25) is 4.79 Å². The van der Waals surface area contributed by atoms with E-state index in [2.05, 4.69) is 0 Å². The zero-order valence-electron chi connectivity index (χ0n) is 5.40. The molecule has 0 aromatic rings. The van der Waals surface area contributed by atoms with Crippen molar-refractivity contribution in [3.05, 3.63) is 0 Å². The van der Waals surface area contributed by atoms with E-state index in [9.17, 15) is 4.79 Å². The second-order valence-corrected chi connectivity index (χ2v) is 3.91. The van der Waals surface area contributed by atoms with Crippen LogP contribution < -0.4 is 0 Å². The molecule has 1 aliphatic rings. The first-order valence-electron chi connectivity index (χ1n) is 3.47. The van der Waals surface area contributed by atoms with E-state index in [4.69, 9.17) is 0 Å². The molecule has 0 aliphatic heterocycles. The highest BCUT2D eigenvalue weighted by molar-refractivity contribution is 14.1. The van der Waals surface area contributed by atoms with Gasteiger partial charge < -0.3 is 0 Å². The first-order chi connectivity index (χ1) is 4.29. The van der Waals surface area contributed by atoms with Crippen LogP contribution in [0.4, 0.5) is 0 Å². The van der Waals surface area contributed by atoms with Gasteiger partial charge in [-0.15, -0.1) is 0 Å². The lowest BCUT2D eigenvalue weighted by atomic mass is 10.1. The lowest BCUT2D eigenvalue weighted by Crippen LogP contribution is -1.97. The van der Waals surface area contributed by atoms with Gasteiger partial charge in [0.25, 0.3) is 0 Å². The maximum atomic E-state index is 10.6. The zero-order chi connectivity index (χ0) is 6.69. The van der Waals surface area contributed by atoms with E-state index < -0.39 is 0 Å². The van der Waals surface area contributed by atoms with E-state index in [1.54, 1.807) is 0 Å². The van der Waals surface area contributed by atoms with Crippen molar-refractivity contribution in [2.45, 2.75) is 32.1 Å². The molecule has 1 nitrogen and oxygen atoms in total. The van der Waals surface area contributed by atoms with Crippen LogP contribution in [0.25, 0.3) is 0 Å². The Hall–Kier alpha value is 0.400. The van der Waals surface area contributed by atoms with Crippen molar-refractivity contribution in [2.75, 3.05) is 0 Å². The minimum Gasteiger partial charge on any atom is -0.288 e. The second kappa shape index (κ2) is 3.54. The molecule has 0 aromatic heterocycles. The molecule has 0 heterocycles. The molecule has 0 N–H and O–H groups in total. The van der Waals surface area contributed by atoms with Gasteiger partial charge in [0.2, 0.25) is 0 Å². The summed E-state index contributed by atoms with van der Waals surface area (Å²) >= 11 is 1.89. The van der Waals surface area contributed by atoms with Gasteiger partial charge in [-0.25, -0.2) is 0 Å². The van der Waals surface area contributed by atoms with Crippen molar-refractivity contribution in [3.63, 3.8) is 0 Å². The van der Waals surface area contributed by atoms with Crippen LogP contribution in [0, 0.1) is 5.92 Å². The summed E-state index contributed by atoms with van der Waals surface area (Å²) in [6, 6.07) is 0. The fraction of sp³-hybridized carbons (Fsp3) is 0.857. The second-order valence-electron chi connectivity index (χ2n) is 2.71. The van der Waals surface area contributed by atoms with Crippen molar-refractivity contribution in [2.24, 2.45) is 5.92 Å². The summed E-state index contributed by atoms with van der Waals surface area (Å²) in [4.78, 5) is 10.6. The van der Waals surface area contributed by atoms with Gasteiger partial charge in [0.05, 0.1) is 0 Å². The van der Waals surface area contributed by atoms with Gasteiger partial charge in [-0.05, 0) is 41.4 Å². The summed E-state index contributed by atoms with van der Waals surface area (Å²) in [5, 5.41) is 0. The number of rotatable bonds is 2. The van der Waals surface area contributed by atoms with Crippen LogP contribution in [-0.2, 0) is 4.79 Å². The number of carbonyl (C=O) groups is 1. The van der Waals surface area contributed by atoms with Gasteiger partial charge in [-0.2, -0.15) is 0 Å². The molecule has 0 saturated heterocycles. The van der Waals surface area contributed by atoms with Crippen LogP contribution in [0.3, 0.4) is 0 Å². The van der Waals surface area contributed by atoms with Gasteiger partial charge in [-0.1, -0.05) is 12.8 Å². The van der Waals surface area contributed by atoms with Gasteiger partial charge in [0, 0.05) is 6.42 Å². The van der Waals surface area contributed by atoms with Crippen LogP contribution >= 0.6 is 22.6 Å². The molecule has 0 atom stereocenters. The molecule has 0 radical (unpaired) electrons. The highest BCUT2D eigenvalue weighted by Crippen LogP contribution is 2.28. The average Bonchev–Trinajstić information content (AvgIpc) is 2.15. The van der Waals surface area contributed by atoms with Crippen LogP contribution in [0.1, 0.15) is 32.1 Å². The van der Waals surface area contributed by atoms with Crippen LogP contribution in [0.15, 0.2) is 0 Å². The number of hydrogen-bond acceptors (Lipinski definition) is 1. The first-order valence-corrected chi connectivity index (χ1v) is 4.55. The third-order valence-electron chi connectivity index (χ3n) is 1.92. The van der Waals surface area contributed by atoms with Crippen LogP contribution in [-0.4, -0.2) is 3.79 Å². The molecule has 0 aromatic carbocycles. The predicted octanol–water partition coefficient (Wildman–Crippen LogP) is 2.53. The standard InChI is InChI=1S/C7H11IO/c8-7(9)5-6-3-1-2-4-6/h6H,1-5H2. The predicted molar refractivity (Wildman–Crippen MR) is 45.6 cm³/mol. The summed E-state index contributed by atoms with van der Waals surface area (Å²) in [6.45, 7) is 0. The third kappa shape index (κ3) is 2.65. The first kappa shape index (κ1) is 7.51. The number of carbonyl (C=O) groups excluding carboxylic acids is 1. The highest BCUT2D eigenvalue weighted by Gasteiger charge is 2.16. The largest absolute Gasteiger partial charge is 0.288 e. The Bertz CT molecular complexity index is 105. The minimum absolute atomic E-state index is 0.333. The summed E-state index contributed by atoms with van der Waals surface area (Å²) in [5.74, 6) is 0.731. The fourth-order valence-corrected chi connectivity index (χ4v) is 2.06. The van der Waals surface area contributed by atoms with E-state index in [0.29, 0.717) is 3.79 Å². The summed E-state index contributed by atoms with van der Waals surface area (Å²) in [7, 11) is 0. The Labute approximate surface area is 69.3 Å². The Balaban J connectivity index is 2.19. The summed E-state index contributed by atoms with van der Waals surface area (Å²) in [6.07, 6.45) is 6.08. The van der Waals surface area contributed by atoms with Crippen LogP contribution in [0.5, 0.6) is 0 Å². The monoisotopic (exact) mass is 238 g/mol. The van der Waals surface area contributed by atoms with E-state index in [-0.39, 0.29) is 0 Å². The molecule has 1 saturated carbocycles. The number of hydrogen-bond donors (Lipinski definition) is 0. The Kier molecular flexibility index (Phi) is 2.95. The zero-order valence-corrected chi connectivity index (χ0v) is 7.56. The van der Waals surface area contributed by atoms with E-state index in [1.807, 2.05) is 22.6 Å². The molecule has 9 heavy (non-hydrogen) atoms. The fourth-order valence-electron chi connectivity index (χ4n) is 1.44. The van der Waals surface area contributed by atoms with Crippen molar-refractivity contribution < 1.29 is 4.79 Å². The Morgan fingerprint density at radius 1 is 1.44 bits per heavy atom. The molecule has 1 fully saturated rings. The SMILES string of the molecule is O=C(I)CC1CCCC1. The van der Waals surface area contributed by atoms with E-state index in [1.165, 1.54) is 25.7 Å².